The number of rotatable bonds is 3. The molecule has 2 N–H and O–H groups in total. The molecule has 2 heterocycles. The summed E-state index contributed by atoms with van der Waals surface area (Å²) in [6, 6.07) is 14.8. The lowest BCUT2D eigenvalue weighted by molar-refractivity contribution is 0.852. The molecule has 0 saturated carbocycles. The van der Waals surface area contributed by atoms with Gasteiger partial charge in [-0.1, -0.05) is 30.3 Å². The Hall–Kier alpha value is -2.66. The van der Waals surface area contributed by atoms with E-state index in [1.807, 2.05) is 0 Å². The number of hydrogen-bond donors (Lipinski definition) is 1. The lowest BCUT2D eigenvalue weighted by Crippen LogP contribution is -2.18. The molecule has 0 aliphatic rings. The number of anilines is 2. The maximum absolute atomic E-state index is 6.20. The lowest BCUT2D eigenvalue weighted by Gasteiger charge is -2.19. The highest BCUT2D eigenvalue weighted by molar-refractivity contribution is 7.18. The molecule has 0 fully saturated rings. The summed E-state index contributed by atoms with van der Waals surface area (Å²) in [5, 5.41) is 3.47. The summed E-state index contributed by atoms with van der Waals surface area (Å²) >= 11 is 1.68. The molecule has 4 aromatic rings. The predicted octanol–water partition coefficient (Wildman–Crippen LogP) is 4.68. The zero-order valence-corrected chi connectivity index (χ0v) is 15.4. The SMILES string of the molecule is Cc1sc2nc(CN(C)c3ccc4ccccc4c3)nc(N)c2c1C. The van der Waals surface area contributed by atoms with Gasteiger partial charge in [0.15, 0.2) is 5.82 Å². The van der Waals surface area contributed by atoms with Gasteiger partial charge >= 0.3 is 0 Å². The Balaban J connectivity index is 1.67. The fourth-order valence-corrected chi connectivity index (χ4v) is 4.17. The van der Waals surface area contributed by atoms with Crippen molar-refractivity contribution in [3.63, 3.8) is 0 Å². The monoisotopic (exact) mass is 348 g/mol. The van der Waals surface area contributed by atoms with Gasteiger partial charge in [0, 0.05) is 17.6 Å². The molecule has 2 aromatic carbocycles. The molecule has 0 atom stereocenters. The van der Waals surface area contributed by atoms with E-state index in [1.165, 1.54) is 21.2 Å². The normalized spacial score (nSPS) is 11.3. The first-order valence-electron chi connectivity index (χ1n) is 8.25. The third-order valence-electron chi connectivity index (χ3n) is 4.66. The zero-order chi connectivity index (χ0) is 17.6. The standard InChI is InChI=1S/C20H20N4S/c1-12-13(2)25-20-18(12)19(21)22-17(23-20)11-24(3)16-9-8-14-6-4-5-7-15(14)10-16/h4-10H,11H2,1-3H3,(H2,21,22,23). The minimum Gasteiger partial charge on any atom is -0.383 e. The van der Waals surface area contributed by atoms with Gasteiger partial charge in [-0.3, -0.25) is 0 Å². The van der Waals surface area contributed by atoms with Crippen molar-refractivity contribution < 1.29 is 0 Å². The number of nitrogen functional groups attached to an aromatic ring is 1. The van der Waals surface area contributed by atoms with E-state index in [1.54, 1.807) is 11.3 Å². The van der Waals surface area contributed by atoms with Crippen molar-refractivity contribution in [3.8, 4) is 0 Å². The summed E-state index contributed by atoms with van der Waals surface area (Å²) in [5.74, 6) is 1.33. The minimum atomic E-state index is 0.578. The van der Waals surface area contributed by atoms with Gasteiger partial charge in [-0.2, -0.15) is 0 Å². The molecule has 0 aliphatic carbocycles. The largest absolute Gasteiger partial charge is 0.383 e. The van der Waals surface area contributed by atoms with Crippen molar-refractivity contribution in [1.29, 1.82) is 0 Å². The van der Waals surface area contributed by atoms with E-state index in [0.29, 0.717) is 12.4 Å². The average Bonchev–Trinajstić information content (AvgIpc) is 2.89. The topological polar surface area (TPSA) is 55.0 Å². The minimum absolute atomic E-state index is 0.578. The number of aryl methyl sites for hydroxylation is 2. The molecule has 0 saturated heterocycles. The third-order valence-corrected chi connectivity index (χ3v) is 5.76. The summed E-state index contributed by atoms with van der Waals surface area (Å²) in [6.07, 6.45) is 0. The molecule has 4 nitrogen and oxygen atoms in total. The van der Waals surface area contributed by atoms with Crippen LogP contribution in [0.2, 0.25) is 0 Å². The molecule has 0 spiro atoms. The van der Waals surface area contributed by atoms with E-state index < -0.39 is 0 Å². The average molecular weight is 348 g/mol. The maximum Gasteiger partial charge on any atom is 0.151 e. The Morgan fingerprint density at radius 1 is 1.04 bits per heavy atom. The van der Waals surface area contributed by atoms with E-state index in [9.17, 15) is 0 Å². The molecular weight excluding hydrogens is 328 g/mol. The quantitative estimate of drug-likeness (QED) is 0.584. The Morgan fingerprint density at radius 3 is 2.60 bits per heavy atom. The first-order valence-corrected chi connectivity index (χ1v) is 9.06. The van der Waals surface area contributed by atoms with Crippen LogP contribution in [0.15, 0.2) is 42.5 Å². The van der Waals surface area contributed by atoms with Crippen LogP contribution < -0.4 is 10.6 Å². The van der Waals surface area contributed by atoms with Gasteiger partial charge < -0.3 is 10.6 Å². The molecule has 0 amide bonds. The Kier molecular flexibility index (Phi) is 3.81. The third kappa shape index (κ3) is 2.81. The Bertz CT molecular complexity index is 1080. The molecule has 126 valence electrons. The van der Waals surface area contributed by atoms with Crippen LogP contribution in [0, 0.1) is 13.8 Å². The van der Waals surface area contributed by atoms with E-state index in [0.717, 1.165) is 21.7 Å². The first kappa shape index (κ1) is 15.8. The van der Waals surface area contributed by atoms with Gasteiger partial charge in [0.25, 0.3) is 0 Å². The van der Waals surface area contributed by atoms with Gasteiger partial charge in [-0.15, -0.1) is 11.3 Å². The molecule has 5 heteroatoms. The van der Waals surface area contributed by atoms with Gasteiger partial charge in [-0.05, 0) is 42.3 Å². The highest BCUT2D eigenvalue weighted by Crippen LogP contribution is 2.32. The van der Waals surface area contributed by atoms with Crippen LogP contribution in [0.1, 0.15) is 16.3 Å². The van der Waals surface area contributed by atoms with Gasteiger partial charge in [0.1, 0.15) is 10.6 Å². The number of benzene rings is 2. The molecule has 0 radical (unpaired) electrons. The number of hydrogen-bond acceptors (Lipinski definition) is 5. The fourth-order valence-electron chi connectivity index (χ4n) is 3.11. The predicted molar refractivity (Wildman–Crippen MR) is 107 cm³/mol. The number of fused-ring (bicyclic) bond motifs is 2. The van der Waals surface area contributed by atoms with Gasteiger partial charge in [0.2, 0.25) is 0 Å². The molecule has 0 aliphatic heterocycles. The lowest BCUT2D eigenvalue weighted by atomic mass is 10.1. The number of aromatic nitrogens is 2. The van der Waals surface area contributed by atoms with E-state index >= 15 is 0 Å². The fraction of sp³-hybridized carbons (Fsp3) is 0.200. The Labute approximate surface area is 150 Å². The number of thiophene rings is 1. The maximum atomic E-state index is 6.20. The van der Waals surface area contributed by atoms with Crippen molar-refractivity contribution in [2.75, 3.05) is 17.7 Å². The smallest absolute Gasteiger partial charge is 0.151 e. The van der Waals surface area contributed by atoms with Crippen molar-refractivity contribution in [1.82, 2.24) is 9.97 Å². The molecule has 2 aromatic heterocycles. The summed E-state index contributed by atoms with van der Waals surface area (Å²) < 4.78 is 0. The van der Waals surface area contributed by atoms with Crippen LogP contribution in [0.5, 0.6) is 0 Å². The highest BCUT2D eigenvalue weighted by Gasteiger charge is 2.14. The van der Waals surface area contributed by atoms with Crippen molar-refractivity contribution in [2.45, 2.75) is 20.4 Å². The number of nitrogens with two attached hydrogens (primary N) is 1. The molecule has 25 heavy (non-hydrogen) atoms. The van der Waals surface area contributed by atoms with Crippen LogP contribution in [-0.4, -0.2) is 17.0 Å². The van der Waals surface area contributed by atoms with E-state index in [2.05, 4.69) is 73.2 Å². The molecule has 0 bridgehead atoms. The molecule has 0 unspecified atom stereocenters. The van der Waals surface area contributed by atoms with E-state index in [4.69, 9.17) is 10.7 Å². The summed E-state index contributed by atoms with van der Waals surface area (Å²) in [7, 11) is 2.05. The summed E-state index contributed by atoms with van der Waals surface area (Å²) in [4.78, 5) is 13.6. The van der Waals surface area contributed by atoms with Crippen LogP contribution in [0.25, 0.3) is 21.0 Å². The second kappa shape index (κ2) is 6.01. The molecule has 4 rings (SSSR count). The van der Waals surface area contributed by atoms with Gasteiger partial charge in [-0.25, -0.2) is 9.97 Å². The van der Waals surface area contributed by atoms with Crippen molar-refractivity contribution in [2.24, 2.45) is 0 Å². The van der Waals surface area contributed by atoms with Crippen molar-refractivity contribution >= 4 is 43.8 Å². The first-order chi connectivity index (χ1) is 12.0. The van der Waals surface area contributed by atoms with E-state index in [-0.39, 0.29) is 0 Å². The number of nitrogens with zero attached hydrogens (tertiary/aromatic N) is 3. The molecular formula is C20H20N4S. The summed E-state index contributed by atoms with van der Waals surface area (Å²) in [5.41, 5.74) is 8.52. The zero-order valence-electron chi connectivity index (χ0n) is 14.6. The highest BCUT2D eigenvalue weighted by atomic mass is 32.1. The van der Waals surface area contributed by atoms with Gasteiger partial charge in [0.05, 0.1) is 11.9 Å². The van der Waals surface area contributed by atoms with Crippen molar-refractivity contribution in [3.05, 3.63) is 58.7 Å². The Morgan fingerprint density at radius 2 is 1.80 bits per heavy atom. The van der Waals surface area contributed by atoms with Crippen LogP contribution in [-0.2, 0) is 6.54 Å². The van der Waals surface area contributed by atoms with Crippen LogP contribution in [0.4, 0.5) is 11.5 Å². The second-order valence-electron chi connectivity index (χ2n) is 6.38. The van der Waals surface area contributed by atoms with Crippen LogP contribution in [0.3, 0.4) is 0 Å². The van der Waals surface area contributed by atoms with Crippen LogP contribution >= 0.6 is 11.3 Å². The second-order valence-corrected chi connectivity index (χ2v) is 7.58. The summed E-state index contributed by atoms with van der Waals surface area (Å²) in [6.45, 7) is 4.80.